The summed E-state index contributed by atoms with van der Waals surface area (Å²) in [6.45, 7) is 0.399. The molecule has 0 aliphatic carbocycles. The van der Waals surface area contributed by atoms with Gasteiger partial charge in [0.2, 0.25) is 0 Å². The van der Waals surface area contributed by atoms with Crippen molar-refractivity contribution in [3.8, 4) is 6.07 Å². The van der Waals surface area contributed by atoms with Crippen molar-refractivity contribution in [1.29, 1.82) is 5.26 Å². The van der Waals surface area contributed by atoms with E-state index in [0.717, 1.165) is 10.6 Å². The lowest BCUT2D eigenvalue weighted by Gasteiger charge is -2.07. The predicted molar refractivity (Wildman–Crippen MR) is 72.5 cm³/mol. The van der Waals surface area contributed by atoms with Gasteiger partial charge in [-0.05, 0) is 18.2 Å². The molecule has 1 heterocycles. The molecule has 5 nitrogen and oxygen atoms in total. The van der Waals surface area contributed by atoms with Crippen LogP contribution in [0.5, 0.6) is 0 Å². The molecular weight excluding hydrogens is 260 g/mol. The van der Waals surface area contributed by atoms with Crippen LogP contribution in [0.15, 0.2) is 41.4 Å². The Labute approximate surface area is 115 Å². The normalized spacial score (nSPS) is 9.84. The number of aromatic amines is 1. The molecule has 0 atom stereocenters. The molecule has 6 heteroatoms. The maximum atomic E-state index is 12.1. The van der Waals surface area contributed by atoms with E-state index in [1.807, 2.05) is 18.2 Å². The minimum absolute atomic E-state index is 0.157. The van der Waals surface area contributed by atoms with Crippen LogP contribution in [0.3, 0.4) is 0 Å². The molecule has 1 aromatic carbocycles. The standard InChI is InChI=1S/C13H12N4OS/c14-6-8-19-12-4-2-1-3-11(12)13(18)15-9-10-5-7-16-17-10/h1-5,7H,8-9H2,(H,15,18)(H,16,17). The van der Waals surface area contributed by atoms with Crippen molar-refractivity contribution < 1.29 is 4.79 Å². The van der Waals surface area contributed by atoms with Crippen LogP contribution in [0.4, 0.5) is 0 Å². The molecule has 19 heavy (non-hydrogen) atoms. The third-order valence-electron chi connectivity index (χ3n) is 2.42. The molecule has 0 radical (unpaired) electrons. The van der Waals surface area contributed by atoms with Crippen LogP contribution in [0, 0.1) is 11.3 Å². The lowest BCUT2D eigenvalue weighted by atomic mass is 10.2. The van der Waals surface area contributed by atoms with Gasteiger partial charge in [0.1, 0.15) is 0 Å². The molecule has 0 aliphatic rings. The van der Waals surface area contributed by atoms with E-state index in [1.165, 1.54) is 11.8 Å². The maximum absolute atomic E-state index is 12.1. The number of nitriles is 1. The number of thioether (sulfide) groups is 1. The molecule has 0 fully saturated rings. The minimum atomic E-state index is -0.157. The van der Waals surface area contributed by atoms with Crippen LogP contribution in [0.1, 0.15) is 16.1 Å². The van der Waals surface area contributed by atoms with Gasteiger partial charge in [0.05, 0.1) is 29.6 Å². The molecule has 0 unspecified atom stereocenters. The van der Waals surface area contributed by atoms with Gasteiger partial charge >= 0.3 is 0 Å². The molecule has 0 aliphatic heterocycles. The molecule has 1 amide bonds. The van der Waals surface area contributed by atoms with E-state index in [-0.39, 0.29) is 5.91 Å². The van der Waals surface area contributed by atoms with E-state index < -0.39 is 0 Å². The first kappa shape index (κ1) is 13.2. The molecule has 0 bridgehead atoms. The molecule has 0 saturated carbocycles. The number of hydrogen-bond donors (Lipinski definition) is 2. The number of aromatic nitrogens is 2. The zero-order chi connectivity index (χ0) is 13.5. The van der Waals surface area contributed by atoms with E-state index in [4.69, 9.17) is 5.26 Å². The van der Waals surface area contributed by atoms with Gasteiger partial charge in [-0.25, -0.2) is 0 Å². The van der Waals surface area contributed by atoms with Crippen molar-refractivity contribution >= 4 is 17.7 Å². The third-order valence-corrected chi connectivity index (χ3v) is 3.36. The average Bonchev–Trinajstić information content (AvgIpc) is 2.96. The predicted octanol–water partition coefficient (Wildman–Crippen LogP) is 1.96. The third kappa shape index (κ3) is 3.60. The Morgan fingerprint density at radius 2 is 2.26 bits per heavy atom. The van der Waals surface area contributed by atoms with Crippen molar-refractivity contribution in [2.24, 2.45) is 0 Å². The van der Waals surface area contributed by atoms with Crippen molar-refractivity contribution in [2.45, 2.75) is 11.4 Å². The Hall–Kier alpha value is -2.26. The number of nitrogens with zero attached hydrogens (tertiary/aromatic N) is 2. The van der Waals surface area contributed by atoms with Gasteiger partial charge in [0, 0.05) is 11.1 Å². The van der Waals surface area contributed by atoms with Crippen LogP contribution in [0.2, 0.25) is 0 Å². The SMILES string of the molecule is N#CCSc1ccccc1C(=O)NCc1ccn[nH]1. The summed E-state index contributed by atoms with van der Waals surface area (Å²) in [5, 5.41) is 18.0. The smallest absolute Gasteiger partial charge is 0.252 e. The number of nitrogens with one attached hydrogen (secondary N) is 2. The second-order valence-corrected chi connectivity index (χ2v) is 4.72. The van der Waals surface area contributed by atoms with Crippen LogP contribution < -0.4 is 5.32 Å². The number of H-pyrrole nitrogens is 1. The molecule has 2 rings (SSSR count). The van der Waals surface area contributed by atoms with Crippen molar-refractivity contribution in [3.05, 3.63) is 47.8 Å². The second kappa shape index (κ2) is 6.61. The summed E-state index contributed by atoms with van der Waals surface area (Å²) >= 11 is 1.36. The summed E-state index contributed by atoms with van der Waals surface area (Å²) in [6, 6.07) is 11.1. The maximum Gasteiger partial charge on any atom is 0.252 e. The van der Waals surface area contributed by atoms with Crippen molar-refractivity contribution in [1.82, 2.24) is 15.5 Å². The molecule has 1 aromatic heterocycles. The van der Waals surface area contributed by atoms with E-state index in [0.29, 0.717) is 17.9 Å². The Morgan fingerprint density at radius 1 is 1.42 bits per heavy atom. The molecular formula is C13H12N4OS. The van der Waals surface area contributed by atoms with E-state index in [1.54, 1.807) is 18.3 Å². The van der Waals surface area contributed by atoms with E-state index in [9.17, 15) is 4.79 Å². The zero-order valence-electron chi connectivity index (χ0n) is 10.1. The van der Waals surface area contributed by atoms with Gasteiger partial charge in [0.25, 0.3) is 5.91 Å². The lowest BCUT2D eigenvalue weighted by molar-refractivity contribution is 0.0947. The molecule has 0 saturated heterocycles. The highest BCUT2D eigenvalue weighted by Crippen LogP contribution is 2.22. The number of carbonyl (C=O) groups excluding carboxylic acids is 1. The highest BCUT2D eigenvalue weighted by Gasteiger charge is 2.10. The monoisotopic (exact) mass is 272 g/mol. The average molecular weight is 272 g/mol. The van der Waals surface area contributed by atoms with Crippen LogP contribution in [0.25, 0.3) is 0 Å². The summed E-state index contributed by atoms with van der Waals surface area (Å²) in [6.07, 6.45) is 1.64. The zero-order valence-corrected chi connectivity index (χ0v) is 10.9. The van der Waals surface area contributed by atoms with Crippen LogP contribution in [-0.4, -0.2) is 21.9 Å². The molecule has 0 spiro atoms. The number of benzene rings is 1. The summed E-state index contributed by atoms with van der Waals surface area (Å²) in [4.78, 5) is 12.9. The van der Waals surface area contributed by atoms with Gasteiger partial charge in [-0.3, -0.25) is 9.89 Å². The number of hydrogen-bond acceptors (Lipinski definition) is 4. The minimum Gasteiger partial charge on any atom is -0.346 e. The van der Waals surface area contributed by atoms with E-state index >= 15 is 0 Å². The number of rotatable bonds is 5. The first-order valence-corrected chi connectivity index (χ1v) is 6.65. The van der Waals surface area contributed by atoms with Crippen LogP contribution >= 0.6 is 11.8 Å². The first-order valence-electron chi connectivity index (χ1n) is 5.66. The van der Waals surface area contributed by atoms with Crippen molar-refractivity contribution in [3.63, 3.8) is 0 Å². The number of amides is 1. The Balaban J connectivity index is 2.04. The molecule has 2 aromatic rings. The Bertz CT molecular complexity index is 589. The van der Waals surface area contributed by atoms with Crippen molar-refractivity contribution in [2.75, 3.05) is 5.75 Å². The Kier molecular flexibility index (Phi) is 4.59. The van der Waals surface area contributed by atoms with Gasteiger partial charge in [-0.2, -0.15) is 10.4 Å². The second-order valence-electron chi connectivity index (χ2n) is 3.71. The summed E-state index contributed by atoms with van der Waals surface area (Å²) in [5.74, 6) is 0.167. The topological polar surface area (TPSA) is 81.6 Å². The molecule has 2 N–H and O–H groups in total. The lowest BCUT2D eigenvalue weighted by Crippen LogP contribution is -2.23. The summed E-state index contributed by atoms with van der Waals surface area (Å²) in [5.41, 5.74) is 1.43. The fourth-order valence-electron chi connectivity index (χ4n) is 1.54. The molecule has 96 valence electrons. The fourth-order valence-corrected chi connectivity index (χ4v) is 2.26. The van der Waals surface area contributed by atoms with Gasteiger partial charge in [0.15, 0.2) is 0 Å². The Morgan fingerprint density at radius 3 is 3.00 bits per heavy atom. The van der Waals surface area contributed by atoms with Gasteiger partial charge in [-0.1, -0.05) is 12.1 Å². The van der Waals surface area contributed by atoms with Gasteiger partial charge < -0.3 is 5.32 Å². The number of carbonyl (C=O) groups is 1. The first-order chi connectivity index (χ1) is 9.31. The van der Waals surface area contributed by atoms with E-state index in [2.05, 4.69) is 21.6 Å². The quantitative estimate of drug-likeness (QED) is 0.815. The van der Waals surface area contributed by atoms with Gasteiger partial charge in [-0.15, -0.1) is 11.8 Å². The fraction of sp³-hybridized carbons (Fsp3) is 0.154. The highest BCUT2D eigenvalue weighted by atomic mass is 32.2. The highest BCUT2D eigenvalue weighted by molar-refractivity contribution is 7.99. The summed E-state index contributed by atoms with van der Waals surface area (Å²) < 4.78 is 0. The largest absolute Gasteiger partial charge is 0.346 e. The van der Waals surface area contributed by atoms with Crippen LogP contribution in [-0.2, 0) is 6.54 Å². The summed E-state index contributed by atoms with van der Waals surface area (Å²) in [7, 11) is 0.